The number of hydrogen-bond donors (Lipinski definition) is 1. The van der Waals surface area contributed by atoms with Gasteiger partial charge in [0.1, 0.15) is 6.61 Å². The maximum Gasteiger partial charge on any atom is 0.335 e. The highest BCUT2D eigenvalue weighted by atomic mass is 79.9. The minimum Gasteiger partial charge on any atom is -0.490 e. The monoisotopic (exact) mass is 351 g/mol. The van der Waals surface area contributed by atoms with Crippen LogP contribution in [-0.4, -0.2) is 22.7 Å². The topological polar surface area (TPSA) is 68.7 Å². The Labute approximate surface area is 130 Å². The molecule has 0 bridgehead atoms. The Morgan fingerprint density at radius 2 is 2.14 bits per heavy atom. The van der Waals surface area contributed by atoms with Crippen LogP contribution in [0.2, 0.25) is 0 Å². The summed E-state index contributed by atoms with van der Waals surface area (Å²) in [6.45, 7) is 2.51. The summed E-state index contributed by atoms with van der Waals surface area (Å²) in [6.07, 6.45) is 1.69. The zero-order chi connectivity index (χ0) is 15.2. The minimum atomic E-state index is -1.02. The molecular weight excluding hydrogens is 338 g/mol. The number of aromatic nitrogens is 1. The van der Waals surface area contributed by atoms with Gasteiger partial charge < -0.3 is 14.6 Å². The summed E-state index contributed by atoms with van der Waals surface area (Å²) in [5, 5.41) is 9.07. The fourth-order valence-electron chi connectivity index (χ4n) is 1.72. The van der Waals surface area contributed by atoms with Crippen LogP contribution in [0.25, 0.3) is 0 Å². The van der Waals surface area contributed by atoms with Crippen molar-refractivity contribution in [2.75, 3.05) is 6.61 Å². The van der Waals surface area contributed by atoms with Crippen LogP contribution in [0.3, 0.4) is 0 Å². The molecule has 1 aromatic carbocycles. The lowest BCUT2D eigenvalue weighted by Gasteiger charge is -2.14. The molecule has 0 aliphatic heterocycles. The molecule has 1 heterocycles. The van der Waals surface area contributed by atoms with E-state index >= 15 is 0 Å². The maximum atomic E-state index is 11.1. The number of rotatable bonds is 6. The zero-order valence-electron chi connectivity index (χ0n) is 11.4. The molecule has 0 aliphatic carbocycles. The number of carboxylic acids is 1. The van der Waals surface area contributed by atoms with Crippen LogP contribution in [0, 0.1) is 0 Å². The van der Waals surface area contributed by atoms with E-state index in [9.17, 15) is 4.79 Å². The van der Waals surface area contributed by atoms with Crippen molar-refractivity contribution in [3.63, 3.8) is 0 Å². The fourth-order valence-corrected chi connectivity index (χ4v) is 2.28. The summed E-state index contributed by atoms with van der Waals surface area (Å²) in [4.78, 5) is 15.2. The summed E-state index contributed by atoms with van der Waals surface area (Å²) in [6, 6.07) is 8.48. The second kappa shape index (κ2) is 7.08. The molecule has 0 fully saturated rings. The van der Waals surface area contributed by atoms with Crippen LogP contribution in [0.4, 0.5) is 0 Å². The van der Waals surface area contributed by atoms with Crippen molar-refractivity contribution >= 4 is 21.9 Å². The molecule has 0 atom stereocenters. The van der Waals surface area contributed by atoms with Gasteiger partial charge in [-0.2, -0.15) is 0 Å². The third kappa shape index (κ3) is 3.95. The molecule has 0 spiro atoms. The van der Waals surface area contributed by atoms with E-state index in [0.29, 0.717) is 22.6 Å². The van der Waals surface area contributed by atoms with E-state index in [-0.39, 0.29) is 12.2 Å². The van der Waals surface area contributed by atoms with Gasteiger partial charge in [0.2, 0.25) is 0 Å². The predicted molar refractivity (Wildman–Crippen MR) is 80.8 cm³/mol. The third-order valence-electron chi connectivity index (χ3n) is 2.65. The molecule has 2 aromatic rings. The first-order valence-corrected chi connectivity index (χ1v) is 7.13. The highest BCUT2D eigenvalue weighted by molar-refractivity contribution is 9.10. The first kappa shape index (κ1) is 15.3. The highest BCUT2D eigenvalue weighted by Gasteiger charge is 2.15. The van der Waals surface area contributed by atoms with Crippen molar-refractivity contribution in [2.45, 2.75) is 13.5 Å². The number of ether oxygens (including phenoxy) is 2. The molecule has 6 heteroatoms. The Morgan fingerprint density at radius 3 is 2.76 bits per heavy atom. The number of carbonyl (C=O) groups is 1. The van der Waals surface area contributed by atoms with Crippen molar-refractivity contribution in [1.82, 2.24) is 4.98 Å². The van der Waals surface area contributed by atoms with Crippen LogP contribution >= 0.6 is 15.9 Å². The molecule has 0 saturated carbocycles. The lowest BCUT2D eigenvalue weighted by molar-refractivity contribution is 0.0696. The van der Waals surface area contributed by atoms with E-state index in [1.54, 1.807) is 6.20 Å². The number of aromatic carboxylic acids is 1. The second-order valence-electron chi connectivity index (χ2n) is 4.13. The Balaban J connectivity index is 2.26. The quantitative estimate of drug-likeness (QED) is 0.862. The normalized spacial score (nSPS) is 10.2. The molecule has 1 aromatic heterocycles. The summed E-state index contributed by atoms with van der Waals surface area (Å²) < 4.78 is 11.7. The van der Waals surface area contributed by atoms with E-state index in [2.05, 4.69) is 20.9 Å². The Kier molecular flexibility index (Phi) is 5.16. The molecule has 0 saturated heterocycles. The zero-order valence-corrected chi connectivity index (χ0v) is 13.0. The summed E-state index contributed by atoms with van der Waals surface area (Å²) >= 11 is 3.32. The van der Waals surface area contributed by atoms with E-state index in [0.717, 1.165) is 5.69 Å². The third-order valence-corrected chi connectivity index (χ3v) is 3.24. The minimum absolute atomic E-state index is 0.135. The van der Waals surface area contributed by atoms with Crippen molar-refractivity contribution in [3.05, 3.63) is 52.3 Å². The Morgan fingerprint density at radius 1 is 1.33 bits per heavy atom. The second-order valence-corrected chi connectivity index (χ2v) is 4.99. The first-order chi connectivity index (χ1) is 10.1. The van der Waals surface area contributed by atoms with Gasteiger partial charge in [0.25, 0.3) is 0 Å². The molecule has 110 valence electrons. The largest absolute Gasteiger partial charge is 0.490 e. The number of pyridine rings is 1. The van der Waals surface area contributed by atoms with E-state index in [1.165, 1.54) is 12.1 Å². The molecular formula is C15H14BrNO4. The standard InChI is InChI=1S/C15H14BrNO4/c1-2-20-13-8-10(15(18)19)7-12(16)14(13)21-9-11-5-3-4-6-17-11/h3-8H,2,9H2,1H3,(H,18,19). The molecule has 21 heavy (non-hydrogen) atoms. The van der Waals surface area contributed by atoms with Crippen molar-refractivity contribution in [3.8, 4) is 11.5 Å². The van der Waals surface area contributed by atoms with Gasteiger partial charge in [-0.05, 0) is 47.1 Å². The van der Waals surface area contributed by atoms with Crippen LogP contribution in [0.15, 0.2) is 41.0 Å². The SMILES string of the molecule is CCOc1cc(C(=O)O)cc(Br)c1OCc1ccccn1. The number of benzene rings is 1. The van der Waals surface area contributed by atoms with Gasteiger partial charge in [0.15, 0.2) is 11.5 Å². The molecule has 5 nitrogen and oxygen atoms in total. The average Bonchev–Trinajstić information content (AvgIpc) is 2.47. The van der Waals surface area contributed by atoms with Gasteiger partial charge in [0.05, 0.1) is 22.3 Å². The average molecular weight is 352 g/mol. The van der Waals surface area contributed by atoms with Gasteiger partial charge in [0, 0.05) is 6.20 Å². The molecule has 1 N–H and O–H groups in total. The van der Waals surface area contributed by atoms with Crippen LogP contribution < -0.4 is 9.47 Å². The lowest BCUT2D eigenvalue weighted by atomic mass is 10.2. The van der Waals surface area contributed by atoms with Gasteiger partial charge >= 0.3 is 5.97 Å². The summed E-state index contributed by atoms with van der Waals surface area (Å²) in [5.41, 5.74) is 0.907. The molecule has 0 aliphatic rings. The van der Waals surface area contributed by atoms with E-state index in [1.807, 2.05) is 25.1 Å². The molecule has 0 amide bonds. The van der Waals surface area contributed by atoms with Gasteiger partial charge in [-0.25, -0.2) is 4.79 Å². The van der Waals surface area contributed by atoms with Crippen molar-refractivity contribution < 1.29 is 19.4 Å². The number of hydrogen-bond acceptors (Lipinski definition) is 4. The Bertz CT molecular complexity index is 631. The van der Waals surface area contributed by atoms with Gasteiger partial charge in [-0.1, -0.05) is 6.07 Å². The predicted octanol–water partition coefficient (Wildman–Crippen LogP) is 3.52. The highest BCUT2D eigenvalue weighted by Crippen LogP contribution is 2.37. The molecule has 0 radical (unpaired) electrons. The fraction of sp³-hybridized carbons (Fsp3) is 0.200. The van der Waals surface area contributed by atoms with E-state index < -0.39 is 5.97 Å². The first-order valence-electron chi connectivity index (χ1n) is 6.34. The van der Waals surface area contributed by atoms with Crippen LogP contribution in [0.5, 0.6) is 11.5 Å². The molecule has 2 rings (SSSR count). The number of halogens is 1. The van der Waals surface area contributed by atoms with Gasteiger partial charge in [-0.15, -0.1) is 0 Å². The lowest BCUT2D eigenvalue weighted by Crippen LogP contribution is -2.04. The van der Waals surface area contributed by atoms with Crippen molar-refractivity contribution in [2.24, 2.45) is 0 Å². The Hall–Kier alpha value is -2.08. The summed E-state index contributed by atoms with van der Waals surface area (Å²) in [5.74, 6) is -0.166. The van der Waals surface area contributed by atoms with Crippen molar-refractivity contribution in [1.29, 1.82) is 0 Å². The van der Waals surface area contributed by atoms with Crippen LogP contribution in [-0.2, 0) is 6.61 Å². The number of nitrogens with zero attached hydrogens (tertiary/aromatic N) is 1. The smallest absolute Gasteiger partial charge is 0.335 e. The maximum absolute atomic E-state index is 11.1. The van der Waals surface area contributed by atoms with E-state index in [4.69, 9.17) is 14.6 Å². The van der Waals surface area contributed by atoms with Gasteiger partial charge in [-0.3, -0.25) is 4.98 Å². The molecule has 0 unspecified atom stereocenters. The van der Waals surface area contributed by atoms with Crippen LogP contribution in [0.1, 0.15) is 23.0 Å². The number of carboxylic acid groups (broad SMARTS) is 1. The summed E-state index contributed by atoms with van der Waals surface area (Å²) in [7, 11) is 0.